The third kappa shape index (κ3) is 2.12. The van der Waals surface area contributed by atoms with Crippen LogP contribution in [0.2, 0.25) is 0 Å². The van der Waals surface area contributed by atoms with Crippen LogP contribution in [0.15, 0.2) is 24.3 Å². The maximum absolute atomic E-state index is 5.48. The minimum atomic E-state index is 0.352. The van der Waals surface area contributed by atoms with Crippen LogP contribution in [0.5, 0.6) is 5.75 Å². The number of hydrogen-bond donors (Lipinski definition) is 2. The van der Waals surface area contributed by atoms with E-state index in [2.05, 4.69) is 28.5 Å². The van der Waals surface area contributed by atoms with Gasteiger partial charge in [0.1, 0.15) is 5.75 Å². The molecule has 3 rings (SSSR count). The van der Waals surface area contributed by atoms with Crippen LogP contribution in [0.1, 0.15) is 30.3 Å². The zero-order valence-electron chi connectivity index (χ0n) is 11.4. The predicted molar refractivity (Wildman–Crippen MR) is 75.3 cm³/mol. The molecule has 0 saturated carbocycles. The third-order valence-electron chi connectivity index (χ3n) is 3.74. The molecule has 0 amide bonds. The normalized spacial score (nSPS) is 18.7. The first-order chi connectivity index (χ1) is 9.31. The van der Waals surface area contributed by atoms with Crippen LogP contribution < -0.4 is 10.1 Å². The Balaban J connectivity index is 2.11. The molecule has 4 nitrogen and oxygen atoms in total. The lowest BCUT2D eigenvalue weighted by Crippen LogP contribution is -2.14. The number of nitrogens with one attached hydrogen (secondary N) is 2. The number of methoxy groups -OCH3 is 1. The van der Waals surface area contributed by atoms with Crippen LogP contribution in [0.3, 0.4) is 0 Å². The van der Waals surface area contributed by atoms with Gasteiger partial charge in [0.15, 0.2) is 0 Å². The molecule has 1 aliphatic rings. The van der Waals surface area contributed by atoms with Crippen LogP contribution in [0.25, 0.3) is 11.1 Å². The van der Waals surface area contributed by atoms with Gasteiger partial charge in [0.05, 0.1) is 18.8 Å². The molecule has 2 N–H and O–H groups in total. The zero-order valence-corrected chi connectivity index (χ0v) is 11.4. The van der Waals surface area contributed by atoms with Crippen molar-refractivity contribution in [3.05, 3.63) is 35.7 Å². The van der Waals surface area contributed by atoms with Crippen molar-refractivity contribution in [2.45, 2.75) is 25.8 Å². The summed E-state index contributed by atoms with van der Waals surface area (Å²) in [6.07, 6.45) is 2.36. The standard InChI is InChI=1S/C15H19N3O/c1-10-14(11-6-3-4-8-13(11)19-2)15(18-17-10)12-7-5-9-16-12/h3-4,6,8,12,16H,5,7,9H2,1-2H3,(H,17,18). The highest BCUT2D eigenvalue weighted by Crippen LogP contribution is 2.37. The van der Waals surface area contributed by atoms with E-state index in [1.807, 2.05) is 18.2 Å². The van der Waals surface area contributed by atoms with Crippen LogP contribution in [0, 0.1) is 6.92 Å². The molecule has 1 unspecified atom stereocenters. The maximum Gasteiger partial charge on any atom is 0.126 e. The van der Waals surface area contributed by atoms with Crippen molar-refractivity contribution < 1.29 is 4.74 Å². The highest BCUT2D eigenvalue weighted by atomic mass is 16.5. The average Bonchev–Trinajstić information content (AvgIpc) is 3.07. The Kier molecular flexibility index (Phi) is 3.25. The van der Waals surface area contributed by atoms with Gasteiger partial charge in [-0.1, -0.05) is 18.2 Å². The molecule has 19 heavy (non-hydrogen) atoms. The Morgan fingerprint density at radius 2 is 2.16 bits per heavy atom. The van der Waals surface area contributed by atoms with Gasteiger partial charge in [-0.2, -0.15) is 5.10 Å². The Labute approximate surface area is 113 Å². The van der Waals surface area contributed by atoms with E-state index in [0.717, 1.165) is 35.7 Å². The molecule has 0 aliphatic carbocycles. The molecule has 0 bridgehead atoms. The van der Waals surface area contributed by atoms with Gasteiger partial charge < -0.3 is 10.1 Å². The van der Waals surface area contributed by atoms with Crippen LogP contribution in [-0.4, -0.2) is 23.9 Å². The second kappa shape index (κ2) is 5.05. The summed E-state index contributed by atoms with van der Waals surface area (Å²) in [5, 5.41) is 11.1. The molecule has 2 aromatic rings. The third-order valence-corrected chi connectivity index (χ3v) is 3.74. The fourth-order valence-corrected chi connectivity index (χ4v) is 2.81. The molecule has 1 saturated heterocycles. The fourth-order valence-electron chi connectivity index (χ4n) is 2.81. The molecule has 1 aliphatic heterocycles. The smallest absolute Gasteiger partial charge is 0.126 e. The van der Waals surface area contributed by atoms with E-state index >= 15 is 0 Å². The van der Waals surface area contributed by atoms with E-state index < -0.39 is 0 Å². The summed E-state index contributed by atoms with van der Waals surface area (Å²) in [6, 6.07) is 8.47. The van der Waals surface area contributed by atoms with Crippen molar-refractivity contribution in [3.8, 4) is 16.9 Å². The number of benzene rings is 1. The monoisotopic (exact) mass is 257 g/mol. The molecule has 4 heteroatoms. The molecular weight excluding hydrogens is 238 g/mol. The van der Waals surface area contributed by atoms with Crippen molar-refractivity contribution in [3.63, 3.8) is 0 Å². The van der Waals surface area contributed by atoms with E-state index in [0.29, 0.717) is 6.04 Å². The summed E-state index contributed by atoms with van der Waals surface area (Å²) in [6.45, 7) is 3.13. The summed E-state index contributed by atoms with van der Waals surface area (Å²) in [5.41, 5.74) is 4.49. The lowest BCUT2D eigenvalue weighted by atomic mass is 9.98. The van der Waals surface area contributed by atoms with E-state index in [-0.39, 0.29) is 0 Å². The number of rotatable bonds is 3. The van der Waals surface area contributed by atoms with Crippen molar-refractivity contribution in [2.24, 2.45) is 0 Å². The van der Waals surface area contributed by atoms with Crippen LogP contribution in [-0.2, 0) is 0 Å². The molecule has 2 heterocycles. The molecule has 1 aromatic heterocycles. The van der Waals surface area contributed by atoms with Gasteiger partial charge in [0, 0.05) is 16.8 Å². The number of H-pyrrole nitrogens is 1. The molecule has 1 atom stereocenters. The number of para-hydroxylation sites is 1. The van der Waals surface area contributed by atoms with E-state index in [1.165, 1.54) is 12.0 Å². The van der Waals surface area contributed by atoms with Crippen molar-refractivity contribution >= 4 is 0 Å². The fraction of sp³-hybridized carbons (Fsp3) is 0.400. The number of hydrogen-bond acceptors (Lipinski definition) is 3. The van der Waals surface area contributed by atoms with Crippen LogP contribution in [0.4, 0.5) is 0 Å². The number of aryl methyl sites for hydroxylation is 1. The molecule has 100 valence electrons. The summed E-state index contributed by atoms with van der Waals surface area (Å²) in [7, 11) is 1.71. The zero-order chi connectivity index (χ0) is 13.2. The lowest BCUT2D eigenvalue weighted by molar-refractivity contribution is 0.416. The van der Waals surface area contributed by atoms with Gasteiger partial charge in [0.25, 0.3) is 0 Å². The van der Waals surface area contributed by atoms with Gasteiger partial charge in [-0.3, -0.25) is 5.10 Å². The summed E-state index contributed by atoms with van der Waals surface area (Å²) in [5.74, 6) is 0.895. The second-order valence-corrected chi connectivity index (χ2v) is 4.96. The lowest BCUT2D eigenvalue weighted by Gasteiger charge is -2.13. The molecule has 1 fully saturated rings. The highest BCUT2D eigenvalue weighted by molar-refractivity contribution is 5.74. The second-order valence-electron chi connectivity index (χ2n) is 4.96. The average molecular weight is 257 g/mol. The van der Waals surface area contributed by atoms with Crippen molar-refractivity contribution in [1.29, 1.82) is 0 Å². The van der Waals surface area contributed by atoms with Gasteiger partial charge in [-0.25, -0.2) is 0 Å². The maximum atomic E-state index is 5.48. The minimum absolute atomic E-state index is 0.352. The van der Waals surface area contributed by atoms with Crippen LogP contribution >= 0.6 is 0 Å². The van der Waals surface area contributed by atoms with E-state index in [4.69, 9.17) is 4.74 Å². The van der Waals surface area contributed by atoms with E-state index in [9.17, 15) is 0 Å². The number of aromatic amines is 1. The largest absolute Gasteiger partial charge is 0.496 e. The summed E-state index contributed by atoms with van der Waals surface area (Å²) >= 11 is 0. The Bertz CT molecular complexity index is 571. The van der Waals surface area contributed by atoms with Gasteiger partial charge in [-0.15, -0.1) is 0 Å². The van der Waals surface area contributed by atoms with Gasteiger partial charge >= 0.3 is 0 Å². The Hall–Kier alpha value is -1.81. The Morgan fingerprint density at radius 1 is 1.32 bits per heavy atom. The van der Waals surface area contributed by atoms with Crippen molar-refractivity contribution in [2.75, 3.05) is 13.7 Å². The first-order valence-corrected chi connectivity index (χ1v) is 6.73. The van der Waals surface area contributed by atoms with Crippen molar-refractivity contribution in [1.82, 2.24) is 15.5 Å². The topological polar surface area (TPSA) is 49.9 Å². The molecule has 1 aromatic carbocycles. The highest BCUT2D eigenvalue weighted by Gasteiger charge is 2.25. The van der Waals surface area contributed by atoms with E-state index in [1.54, 1.807) is 7.11 Å². The first kappa shape index (κ1) is 12.2. The minimum Gasteiger partial charge on any atom is -0.496 e. The summed E-state index contributed by atoms with van der Waals surface area (Å²) in [4.78, 5) is 0. The summed E-state index contributed by atoms with van der Waals surface area (Å²) < 4.78 is 5.48. The SMILES string of the molecule is COc1ccccc1-c1c(C2CCCN2)n[nH]c1C. The number of ether oxygens (including phenoxy) is 1. The molecule has 0 spiro atoms. The van der Waals surface area contributed by atoms with Gasteiger partial charge in [-0.05, 0) is 32.4 Å². The quantitative estimate of drug-likeness (QED) is 0.889. The predicted octanol–water partition coefficient (Wildman–Crippen LogP) is 2.82. The number of nitrogens with zero attached hydrogens (tertiary/aromatic N) is 1. The van der Waals surface area contributed by atoms with Gasteiger partial charge in [0.2, 0.25) is 0 Å². The Morgan fingerprint density at radius 3 is 2.89 bits per heavy atom. The molecule has 0 radical (unpaired) electrons. The first-order valence-electron chi connectivity index (χ1n) is 6.73. The molecular formula is C15H19N3O. The number of aromatic nitrogens is 2.